The third-order valence-corrected chi connectivity index (χ3v) is 4.31. The van der Waals surface area contributed by atoms with Crippen LogP contribution in [0.5, 0.6) is 0 Å². The van der Waals surface area contributed by atoms with Crippen LogP contribution in [0, 0.1) is 10.1 Å². The Morgan fingerprint density at radius 3 is 2.60 bits per heavy atom. The normalized spacial score (nSPS) is 14.7. The number of rotatable bonds is 5. The standard InChI is InChI=1S/C19H16F3N3O5/c20-19(21,22)15-3-1-2-14(11-15)18(26)30-23-12-13-4-5-16(17(10-13)25(27)28)24-6-8-29-9-7-24/h1-5,10-12H,6-9H2/b23-12-. The number of nitro groups is 1. The van der Waals surface area contributed by atoms with Gasteiger partial charge in [-0.05, 0) is 24.3 Å². The van der Waals surface area contributed by atoms with Gasteiger partial charge in [0, 0.05) is 24.7 Å². The second kappa shape index (κ2) is 8.91. The lowest BCUT2D eigenvalue weighted by molar-refractivity contribution is -0.384. The first-order valence-electron chi connectivity index (χ1n) is 8.79. The summed E-state index contributed by atoms with van der Waals surface area (Å²) in [5, 5.41) is 14.9. The van der Waals surface area contributed by atoms with Crippen molar-refractivity contribution < 1.29 is 32.5 Å². The lowest BCUT2D eigenvalue weighted by Gasteiger charge is -2.28. The number of alkyl halides is 3. The Morgan fingerprint density at radius 2 is 1.93 bits per heavy atom. The minimum Gasteiger partial charge on any atom is -0.378 e. The topological polar surface area (TPSA) is 94.3 Å². The Bertz CT molecular complexity index is 972. The SMILES string of the molecule is O=C(O/N=C\c1ccc(N2CCOCC2)c([N+](=O)[O-])c1)c1cccc(C(F)(F)F)c1. The predicted molar refractivity (Wildman–Crippen MR) is 101 cm³/mol. The van der Waals surface area contributed by atoms with E-state index in [1.807, 2.05) is 4.90 Å². The summed E-state index contributed by atoms with van der Waals surface area (Å²) in [5.41, 5.74) is -0.743. The van der Waals surface area contributed by atoms with Gasteiger partial charge in [0.2, 0.25) is 0 Å². The van der Waals surface area contributed by atoms with Crippen LogP contribution in [0.25, 0.3) is 0 Å². The lowest BCUT2D eigenvalue weighted by Crippen LogP contribution is -2.36. The number of anilines is 1. The monoisotopic (exact) mass is 423 g/mol. The van der Waals surface area contributed by atoms with Gasteiger partial charge >= 0.3 is 12.1 Å². The fraction of sp³-hybridized carbons (Fsp3) is 0.263. The highest BCUT2D eigenvalue weighted by atomic mass is 19.4. The quantitative estimate of drug-likeness (QED) is 0.315. The molecule has 0 N–H and O–H groups in total. The van der Waals surface area contributed by atoms with E-state index in [1.165, 1.54) is 6.07 Å². The van der Waals surface area contributed by atoms with Crippen LogP contribution in [0.2, 0.25) is 0 Å². The average Bonchev–Trinajstić information content (AvgIpc) is 2.73. The van der Waals surface area contributed by atoms with Gasteiger partial charge in [-0.1, -0.05) is 17.3 Å². The van der Waals surface area contributed by atoms with Gasteiger partial charge in [0.25, 0.3) is 5.69 Å². The van der Waals surface area contributed by atoms with E-state index in [-0.39, 0.29) is 16.8 Å². The third kappa shape index (κ3) is 5.11. The number of hydrogen-bond donors (Lipinski definition) is 0. The van der Waals surface area contributed by atoms with E-state index < -0.39 is 22.6 Å². The van der Waals surface area contributed by atoms with E-state index in [0.717, 1.165) is 24.4 Å². The molecule has 1 saturated heterocycles. The van der Waals surface area contributed by atoms with E-state index in [1.54, 1.807) is 12.1 Å². The average molecular weight is 423 g/mol. The number of oxime groups is 1. The molecule has 3 rings (SSSR count). The summed E-state index contributed by atoms with van der Waals surface area (Å²) in [6.07, 6.45) is -3.53. The molecule has 0 aromatic heterocycles. The second-order valence-corrected chi connectivity index (χ2v) is 6.30. The molecular formula is C19H16F3N3O5. The van der Waals surface area contributed by atoms with E-state index in [2.05, 4.69) is 9.99 Å². The molecule has 2 aromatic rings. The number of hydrogen-bond acceptors (Lipinski definition) is 7. The largest absolute Gasteiger partial charge is 0.416 e. The molecular weight excluding hydrogens is 407 g/mol. The van der Waals surface area contributed by atoms with Crippen molar-refractivity contribution >= 4 is 23.6 Å². The first-order chi connectivity index (χ1) is 14.3. The number of ether oxygens (including phenoxy) is 1. The van der Waals surface area contributed by atoms with Crippen LogP contribution in [0.1, 0.15) is 21.5 Å². The van der Waals surface area contributed by atoms with Gasteiger partial charge in [0.1, 0.15) is 5.69 Å². The summed E-state index contributed by atoms with van der Waals surface area (Å²) >= 11 is 0. The summed E-state index contributed by atoms with van der Waals surface area (Å²) in [7, 11) is 0. The van der Waals surface area contributed by atoms with Gasteiger partial charge in [-0.25, -0.2) is 4.79 Å². The number of carbonyl (C=O) groups is 1. The minimum absolute atomic E-state index is 0.148. The number of benzene rings is 2. The van der Waals surface area contributed by atoms with Gasteiger partial charge < -0.3 is 14.5 Å². The molecule has 1 aliphatic heterocycles. The Morgan fingerprint density at radius 1 is 1.20 bits per heavy atom. The van der Waals surface area contributed by atoms with E-state index in [9.17, 15) is 28.1 Å². The van der Waals surface area contributed by atoms with Crippen LogP contribution in [0.4, 0.5) is 24.5 Å². The second-order valence-electron chi connectivity index (χ2n) is 6.30. The van der Waals surface area contributed by atoms with Crippen LogP contribution in [0.3, 0.4) is 0 Å². The van der Waals surface area contributed by atoms with Gasteiger partial charge in [-0.15, -0.1) is 0 Å². The maximum absolute atomic E-state index is 12.7. The molecule has 0 unspecified atom stereocenters. The molecule has 0 saturated carbocycles. The van der Waals surface area contributed by atoms with Crippen LogP contribution >= 0.6 is 0 Å². The Hall–Kier alpha value is -3.47. The first kappa shape index (κ1) is 21.2. The number of nitro benzene ring substituents is 1. The maximum atomic E-state index is 12.7. The van der Waals surface area contributed by atoms with Crippen LogP contribution in [-0.2, 0) is 15.8 Å². The highest BCUT2D eigenvalue weighted by Crippen LogP contribution is 2.30. The van der Waals surface area contributed by atoms with Crippen molar-refractivity contribution in [2.24, 2.45) is 5.16 Å². The molecule has 0 bridgehead atoms. The zero-order valence-corrected chi connectivity index (χ0v) is 15.5. The smallest absolute Gasteiger partial charge is 0.378 e. The minimum atomic E-state index is -4.60. The van der Waals surface area contributed by atoms with Crippen molar-refractivity contribution in [3.05, 3.63) is 69.3 Å². The zero-order valence-electron chi connectivity index (χ0n) is 15.5. The van der Waals surface area contributed by atoms with Crippen molar-refractivity contribution in [2.45, 2.75) is 6.18 Å². The maximum Gasteiger partial charge on any atom is 0.416 e. The van der Waals surface area contributed by atoms with Gasteiger partial charge in [0.15, 0.2) is 0 Å². The summed E-state index contributed by atoms with van der Waals surface area (Å²) in [6.45, 7) is 1.96. The molecule has 2 aromatic carbocycles. The molecule has 8 nitrogen and oxygen atoms in total. The third-order valence-electron chi connectivity index (χ3n) is 4.31. The molecule has 0 radical (unpaired) electrons. The number of morpholine rings is 1. The Kier molecular flexibility index (Phi) is 6.31. The Balaban J connectivity index is 1.72. The van der Waals surface area contributed by atoms with Crippen molar-refractivity contribution in [3.63, 3.8) is 0 Å². The lowest BCUT2D eigenvalue weighted by atomic mass is 10.1. The summed E-state index contributed by atoms with van der Waals surface area (Å²) in [6, 6.07) is 8.10. The van der Waals surface area contributed by atoms with Gasteiger partial charge in [-0.3, -0.25) is 10.1 Å². The van der Waals surface area contributed by atoms with Crippen LogP contribution < -0.4 is 4.90 Å². The van der Waals surface area contributed by atoms with E-state index >= 15 is 0 Å². The molecule has 0 atom stereocenters. The molecule has 0 aliphatic carbocycles. The summed E-state index contributed by atoms with van der Waals surface area (Å²) in [5.74, 6) is -1.09. The highest BCUT2D eigenvalue weighted by molar-refractivity contribution is 5.90. The molecule has 30 heavy (non-hydrogen) atoms. The van der Waals surface area contributed by atoms with Crippen LogP contribution in [-0.4, -0.2) is 43.4 Å². The van der Waals surface area contributed by atoms with Crippen molar-refractivity contribution in [1.82, 2.24) is 0 Å². The molecule has 158 valence electrons. The molecule has 1 heterocycles. The van der Waals surface area contributed by atoms with Gasteiger partial charge in [0.05, 0.1) is 35.5 Å². The fourth-order valence-corrected chi connectivity index (χ4v) is 2.85. The molecule has 1 fully saturated rings. The number of halogens is 3. The molecule has 0 spiro atoms. The summed E-state index contributed by atoms with van der Waals surface area (Å²) in [4.78, 5) is 29.3. The van der Waals surface area contributed by atoms with E-state index in [4.69, 9.17) is 4.74 Å². The van der Waals surface area contributed by atoms with Crippen LogP contribution in [0.15, 0.2) is 47.6 Å². The zero-order chi connectivity index (χ0) is 21.7. The molecule has 1 aliphatic rings. The number of nitrogens with zero attached hydrogens (tertiary/aromatic N) is 3. The highest BCUT2D eigenvalue weighted by Gasteiger charge is 2.31. The predicted octanol–water partition coefficient (Wildman–Crippen LogP) is 3.64. The molecule has 11 heteroatoms. The Labute approximate surface area is 168 Å². The van der Waals surface area contributed by atoms with Crippen molar-refractivity contribution in [3.8, 4) is 0 Å². The number of carbonyl (C=O) groups excluding carboxylic acids is 1. The van der Waals surface area contributed by atoms with Gasteiger partial charge in [-0.2, -0.15) is 13.2 Å². The van der Waals surface area contributed by atoms with Crippen molar-refractivity contribution in [1.29, 1.82) is 0 Å². The fourth-order valence-electron chi connectivity index (χ4n) is 2.85. The molecule has 0 amide bonds. The van der Waals surface area contributed by atoms with Crippen molar-refractivity contribution in [2.75, 3.05) is 31.2 Å². The van der Waals surface area contributed by atoms with E-state index in [0.29, 0.717) is 38.1 Å². The summed E-state index contributed by atoms with van der Waals surface area (Å²) < 4.78 is 43.4. The first-order valence-corrected chi connectivity index (χ1v) is 8.79.